The van der Waals surface area contributed by atoms with Gasteiger partial charge in [-0.15, -0.1) is 0 Å². The van der Waals surface area contributed by atoms with Crippen LogP contribution in [0, 0.1) is 0 Å². The van der Waals surface area contributed by atoms with E-state index in [-0.39, 0.29) is 18.8 Å². The SMILES string of the molecule is CC1CN(CCCCCO)CC(CO)O1. The second-order valence-corrected chi connectivity index (χ2v) is 4.30. The Morgan fingerprint density at radius 1 is 1.20 bits per heavy atom. The predicted octanol–water partition coefficient (Wildman–Crippen LogP) is 0.231. The molecule has 90 valence electrons. The van der Waals surface area contributed by atoms with Gasteiger partial charge in [0.25, 0.3) is 0 Å². The summed E-state index contributed by atoms with van der Waals surface area (Å²) in [7, 11) is 0. The van der Waals surface area contributed by atoms with Crippen LogP contribution >= 0.6 is 0 Å². The molecule has 0 aromatic rings. The minimum atomic E-state index is -0.0217. The van der Waals surface area contributed by atoms with Crippen molar-refractivity contribution < 1.29 is 14.9 Å². The number of aliphatic hydroxyl groups is 2. The zero-order valence-electron chi connectivity index (χ0n) is 9.56. The van der Waals surface area contributed by atoms with E-state index in [4.69, 9.17) is 14.9 Å². The molecule has 1 fully saturated rings. The summed E-state index contributed by atoms with van der Waals surface area (Å²) in [6, 6.07) is 0. The Morgan fingerprint density at radius 3 is 2.67 bits per heavy atom. The fourth-order valence-electron chi connectivity index (χ4n) is 2.05. The average Bonchev–Trinajstić information content (AvgIpc) is 2.23. The van der Waals surface area contributed by atoms with E-state index in [1.54, 1.807) is 0 Å². The molecule has 0 saturated carbocycles. The fraction of sp³-hybridized carbons (Fsp3) is 1.00. The summed E-state index contributed by atoms with van der Waals surface area (Å²) in [5.41, 5.74) is 0. The van der Waals surface area contributed by atoms with Crippen molar-refractivity contribution in [1.82, 2.24) is 4.90 Å². The molecule has 2 N–H and O–H groups in total. The molecule has 4 heteroatoms. The van der Waals surface area contributed by atoms with E-state index >= 15 is 0 Å². The number of rotatable bonds is 6. The summed E-state index contributed by atoms with van der Waals surface area (Å²) in [5.74, 6) is 0. The van der Waals surface area contributed by atoms with E-state index in [0.717, 1.165) is 38.9 Å². The Labute approximate surface area is 91.8 Å². The van der Waals surface area contributed by atoms with Crippen molar-refractivity contribution in [2.45, 2.75) is 38.4 Å². The van der Waals surface area contributed by atoms with Crippen LogP contribution in [0.5, 0.6) is 0 Å². The molecule has 0 aromatic carbocycles. The van der Waals surface area contributed by atoms with Crippen molar-refractivity contribution in [3.05, 3.63) is 0 Å². The van der Waals surface area contributed by atoms with Gasteiger partial charge in [-0.2, -0.15) is 0 Å². The van der Waals surface area contributed by atoms with Gasteiger partial charge in [0.05, 0.1) is 18.8 Å². The molecule has 1 saturated heterocycles. The maximum Gasteiger partial charge on any atom is 0.0936 e. The molecule has 0 bridgehead atoms. The molecule has 2 unspecified atom stereocenters. The topological polar surface area (TPSA) is 52.9 Å². The Morgan fingerprint density at radius 2 is 2.00 bits per heavy atom. The second-order valence-electron chi connectivity index (χ2n) is 4.30. The quantitative estimate of drug-likeness (QED) is 0.625. The molecule has 0 spiro atoms. The summed E-state index contributed by atoms with van der Waals surface area (Å²) in [6.07, 6.45) is 3.28. The lowest BCUT2D eigenvalue weighted by molar-refractivity contribution is -0.0952. The number of aliphatic hydroxyl groups excluding tert-OH is 2. The van der Waals surface area contributed by atoms with Gasteiger partial charge in [0.15, 0.2) is 0 Å². The van der Waals surface area contributed by atoms with Crippen molar-refractivity contribution in [1.29, 1.82) is 0 Å². The summed E-state index contributed by atoms with van der Waals surface area (Å²) >= 11 is 0. The average molecular weight is 217 g/mol. The zero-order chi connectivity index (χ0) is 11.1. The van der Waals surface area contributed by atoms with Gasteiger partial charge in [-0.25, -0.2) is 0 Å². The first-order chi connectivity index (χ1) is 7.26. The van der Waals surface area contributed by atoms with Gasteiger partial charge in [0.1, 0.15) is 0 Å². The van der Waals surface area contributed by atoms with Gasteiger partial charge < -0.3 is 14.9 Å². The van der Waals surface area contributed by atoms with Gasteiger partial charge in [-0.1, -0.05) is 0 Å². The molecular weight excluding hydrogens is 194 g/mol. The lowest BCUT2D eigenvalue weighted by Crippen LogP contribution is -2.48. The largest absolute Gasteiger partial charge is 0.396 e. The lowest BCUT2D eigenvalue weighted by Gasteiger charge is -2.36. The highest BCUT2D eigenvalue weighted by molar-refractivity contribution is 4.75. The molecule has 0 aliphatic carbocycles. The van der Waals surface area contributed by atoms with E-state index in [1.807, 2.05) is 6.92 Å². The van der Waals surface area contributed by atoms with E-state index < -0.39 is 0 Å². The number of hydrogen-bond donors (Lipinski definition) is 2. The van der Waals surface area contributed by atoms with E-state index in [9.17, 15) is 0 Å². The van der Waals surface area contributed by atoms with Crippen LogP contribution < -0.4 is 0 Å². The molecule has 15 heavy (non-hydrogen) atoms. The Hall–Kier alpha value is -0.160. The molecule has 1 aliphatic rings. The van der Waals surface area contributed by atoms with E-state index in [2.05, 4.69) is 4.90 Å². The Kier molecular flexibility index (Phi) is 6.17. The van der Waals surface area contributed by atoms with Crippen LogP contribution in [0.3, 0.4) is 0 Å². The summed E-state index contributed by atoms with van der Waals surface area (Å²) in [4.78, 5) is 2.34. The molecule has 1 heterocycles. The Balaban J connectivity index is 2.16. The van der Waals surface area contributed by atoms with Gasteiger partial charge >= 0.3 is 0 Å². The van der Waals surface area contributed by atoms with Crippen molar-refractivity contribution in [2.24, 2.45) is 0 Å². The smallest absolute Gasteiger partial charge is 0.0936 e. The third kappa shape index (κ3) is 4.93. The molecule has 4 nitrogen and oxygen atoms in total. The van der Waals surface area contributed by atoms with Crippen molar-refractivity contribution in [3.63, 3.8) is 0 Å². The second kappa shape index (κ2) is 7.17. The van der Waals surface area contributed by atoms with Crippen LogP contribution in [-0.2, 0) is 4.74 Å². The highest BCUT2D eigenvalue weighted by Gasteiger charge is 2.23. The minimum absolute atomic E-state index is 0.0217. The number of morpholine rings is 1. The third-order valence-electron chi connectivity index (χ3n) is 2.74. The molecule has 0 radical (unpaired) electrons. The normalized spacial score (nSPS) is 28.2. The van der Waals surface area contributed by atoms with Gasteiger partial charge in [0, 0.05) is 19.7 Å². The lowest BCUT2D eigenvalue weighted by atomic mass is 10.2. The predicted molar refractivity (Wildman–Crippen MR) is 58.8 cm³/mol. The van der Waals surface area contributed by atoms with E-state index in [1.165, 1.54) is 0 Å². The van der Waals surface area contributed by atoms with Gasteiger partial charge in [0.2, 0.25) is 0 Å². The number of unbranched alkanes of at least 4 members (excludes halogenated alkanes) is 2. The van der Waals surface area contributed by atoms with Gasteiger partial charge in [-0.05, 0) is 32.7 Å². The van der Waals surface area contributed by atoms with Gasteiger partial charge in [-0.3, -0.25) is 4.90 Å². The standard InChI is InChI=1S/C11H23NO3/c1-10-7-12(5-3-2-4-6-13)8-11(9-14)15-10/h10-11,13-14H,2-9H2,1H3. The Bertz CT molecular complexity index is 166. The molecular formula is C11H23NO3. The fourth-order valence-corrected chi connectivity index (χ4v) is 2.05. The maximum atomic E-state index is 9.05. The molecule has 0 amide bonds. The maximum absolute atomic E-state index is 9.05. The number of ether oxygens (including phenoxy) is 1. The first kappa shape index (κ1) is 12.9. The van der Waals surface area contributed by atoms with Crippen LogP contribution in [-0.4, -0.2) is 60.2 Å². The van der Waals surface area contributed by atoms with Crippen LogP contribution in [0.4, 0.5) is 0 Å². The third-order valence-corrected chi connectivity index (χ3v) is 2.74. The van der Waals surface area contributed by atoms with Crippen molar-refractivity contribution in [2.75, 3.05) is 32.8 Å². The number of nitrogens with zero attached hydrogens (tertiary/aromatic N) is 1. The van der Waals surface area contributed by atoms with Crippen LogP contribution in [0.1, 0.15) is 26.2 Å². The summed E-state index contributed by atoms with van der Waals surface area (Å²) < 4.78 is 5.56. The van der Waals surface area contributed by atoms with Crippen molar-refractivity contribution in [3.8, 4) is 0 Å². The monoisotopic (exact) mass is 217 g/mol. The molecule has 1 aliphatic heterocycles. The minimum Gasteiger partial charge on any atom is -0.396 e. The number of hydrogen-bond acceptors (Lipinski definition) is 4. The molecule has 1 rings (SSSR count). The van der Waals surface area contributed by atoms with E-state index in [0.29, 0.717) is 6.61 Å². The van der Waals surface area contributed by atoms with Crippen LogP contribution in [0.25, 0.3) is 0 Å². The first-order valence-electron chi connectivity index (χ1n) is 5.85. The summed E-state index contributed by atoms with van der Waals surface area (Å²) in [6.45, 7) is 5.28. The molecule has 0 aromatic heterocycles. The van der Waals surface area contributed by atoms with Crippen LogP contribution in [0.15, 0.2) is 0 Å². The highest BCUT2D eigenvalue weighted by Crippen LogP contribution is 2.11. The van der Waals surface area contributed by atoms with Crippen molar-refractivity contribution >= 4 is 0 Å². The first-order valence-corrected chi connectivity index (χ1v) is 5.85. The van der Waals surface area contributed by atoms with Crippen LogP contribution in [0.2, 0.25) is 0 Å². The highest BCUT2D eigenvalue weighted by atomic mass is 16.5. The zero-order valence-corrected chi connectivity index (χ0v) is 9.56. The summed E-state index contributed by atoms with van der Waals surface area (Å²) in [5, 5.41) is 17.7. The molecule has 2 atom stereocenters.